The number of nitrogens with zero attached hydrogens (tertiary/aromatic N) is 5. The maximum Gasteiger partial charge on any atom is 0.178 e. The monoisotopic (exact) mass is 347 g/mol. The molecule has 3 rings (SSSR count). The highest BCUT2D eigenvalue weighted by Crippen LogP contribution is 2.52. The van der Waals surface area contributed by atoms with Crippen LogP contribution in [0.3, 0.4) is 0 Å². The van der Waals surface area contributed by atoms with Crippen LogP contribution in [-0.4, -0.2) is 9.97 Å². The molecule has 0 saturated carbocycles. The van der Waals surface area contributed by atoms with E-state index < -0.39 is 0 Å². The normalized spacial score (nSPS) is 12.0. The molecule has 1 aromatic heterocycles. The van der Waals surface area contributed by atoms with Crippen LogP contribution in [0.2, 0.25) is 0 Å². The van der Waals surface area contributed by atoms with Crippen molar-refractivity contribution in [1.29, 1.82) is 15.8 Å². The van der Waals surface area contributed by atoms with Crippen LogP contribution in [0, 0.1) is 47.8 Å². The molecule has 1 aromatic carbocycles. The second-order valence-corrected chi connectivity index (χ2v) is 7.31. The number of fused-ring (bicyclic) bond motifs is 1. The number of hydrogen-bond donors (Lipinski definition) is 0. The van der Waals surface area contributed by atoms with Gasteiger partial charge in [-0.15, -0.1) is 0 Å². The van der Waals surface area contributed by atoms with Crippen LogP contribution in [-0.2, 0) is 0 Å². The van der Waals surface area contributed by atoms with Gasteiger partial charge in [0.25, 0.3) is 0 Å². The summed E-state index contributed by atoms with van der Waals surface area (Å²) in [6, 6.07) is 12.0. The fraction of sp³-hybridized carbons (Fsp3) is 0.118. The van der Waals surface area contributed by atoms with Crippen molar-refractivity contribution in [1.82, 2.24) is 9.97 Å². The Morgan fingerprint density at radius 3 is 2.04 bits per heavy atom. The SMILES string of the molecule is Cc1ccc(C)c(C(C#N)=C2Sc3nc(C#N)c(C#N)nc3S2)c1. The van der Waals surface area contributed by atoms with Crippen molar-refractivity contribution in [2.24, 2.45) is 0 Å². The molecule has 0 fully saturated rings. The zero-order valence-electron chi connectivity index (χ0n) is 12.8. The maximum atomic E-state index is 9.66. The minimum Gasteiger partial charge on any atom is -0.224 e. The lowest BCUT2D eigenvalue weighted by atomic mass is 10.0. The Bertz CT molecular complexity index is 974. The first-order valence-corrected chi connectivity index (χ1v) is 8.50. The molecule has 0 spiro atoms. The lowest BCUT2D eigenvalue weighted by Gasteiger charge is -2.07. The number of benzene rings is 1. The van der Waals surface area contributed by atoms with Gasteiger partial charge in [0.05, 0.1) is 9.81 Å². The van der Waals surface area contributed by atoms with Gasteiger partial charge in [0, 0.05) is 0 Å². The summed E-state index contributed by atoms with van der Waals surface area (Å²) in [6.07, 6.45) is 0. The van der Waals surface area contributed by atoms with Gasteiger partial charge in [-0.05, 0) is 25.0 Å². The molecule has 0 bridgehead atoms. The van der Waals surface area contributed by atoms with Gasteiger partial charge in [-0.25, -0.2) is 9.97 Å². The highest BCUT2D eigenvalue weighted by atomic mass is 32.2. The average Bonchev–Trinajstić information content (AvgIpc) is 2.99. The summed E-state index contributed by atoms with van der Waals surface area (Å²) in [4.78, 5) is 8.39. The Kier molecular flexibility index (Phi) is 4.27. The van der Waals surface area contributed by atoms with E-state index in [0.29, 0.717) is 15.6 Å². The number of allylic oxidation sites excluding steroid dienone is 1. The maximum absolute atomic E-state index is 9.66. The van der Waals surface area contributed by atoms with Crippen LogP contribution in [0.4, 0.5) is 0 Å². The standard InChI is InChI=1S/C17H9N5S2/c1-9-3-4-10(2)11(5-9)12(6-18)17-23-15-16(24-17)22-14(8-20)13(7-19)21-15/h3-5H,1-2H3. The number of rotatable bonds is 1. The van der Waals surface area contributed by atoms with E-state index in [-0.39, 0.29) is 11.4 Å². The highest BCUT2D eigenvalue weighted by Gasteiger charge is 2.27. The van der Waals surface area contributed by atoms with Gasteiger partial charge in [-0.3, -0.25) is 0 Å². The molecule has 2 heterocycles. The molecule has 114 valence electrons. The Morgan fingerprint density at radius 1 is 0.958 bits per heavy atom. The molecule has 0 N–H and O–H groups in total. The molecule has 1 aliphatic rings. The number of thioether (sulfide) groups is 2. The van der Waals surface area contributed by atoms with Crippen molar-refractivity contribution in [2.75, 3.05) is 0 Å². The van der Waals surface area contributed by atoms with Gasteiger partial charge in [0.15, 0.2) is 11.4 Å². The van der Waals surface area contributed by atoms with Crippen LogP contribution in [0.1, 0.15) is 28.1 Å². The van der Waals surface area contributed by atoms with Gasteiger partial charge < -0.3 is 0 Å². The Hall–Kier alpha value is -2.79. The second-order valence-electron chi connectivity index (χ2n) is 5.05. The zero-order valence-corrected chi connectivity index (χ0v) is 14.4. The third kappa shape index (κ3) is 2.74. The van der Waals surface area contributed by atoms with Gasteiger partial charge >= 0.3 is 0 Å². The third-order valence-corrected chi connectivity index (χ3v) is 5.77. The molecule has 24 heavy (non-hydrogen) atoms. The smallest absolute Gasteiger partial charge is 0.178 e. The van der Waals surface area contributed by atoms with E-state index in [1.165, 1.54) is 23.5 Å². The number of hydrogen-bond acceptors (Lipinski definition) is 7. The zero-order chi connectivity index (χ0) is 17.3. The number of aryl methyl sites for hydroxylation is 2. The van der Waals surface area contributed by atoms with E-state index in [9.17, 15) is 5.26 Å². The van der Waals surface area contributed by atoms with Crippen LogP contribution in [0.25, 0.3) is 5.57 Å². The molecule has 0 amide bonds. The average molecular weight is 347 g/mol. The Balaban J connectivity index is 2.12. The van der Waals surface area contributed by atoms with Crippen LogP contribution < -0.4 is 0 Å². The molecular formula is C17H9N5S2. The quantitative estimate of drug-likeness (QED) is 0.721. The summed E-state index contributed by atoms with van der Waals surface area (Å²) < 4.78 is 0.764. The highest BCUT2D eigenvalue weighted by molar-refractivity contribution is 8.24. The van der Waals surface area contributed by atoms with E-state index in [2.05, 4.69) is 16.0 Å². The van der Waals surface area contributed by atoms with Crippen molar-refractivity contribution in [3.63, 3.8) is 0 Å². The minimum atomic E-state index is 0.0100. The van der Waals surface area contributed by atoms with Gasteiger partial charge in [0.2, 0.25) is 0 Å². The van der Waals surface area contributed by atoms with Crippen molar-refractivity contribution < 1.29 is 0 Å². The predicted molar refractivity (Wildman–Crippen MR) is 91.6 cm³/mol. The van der Waals surface area contributed by atoms with E-state index in [0.717, 1.165) is 20.9 Å². The molecule has 1 aliphatic heterocycles. The van der Waals surface area contributed by atoms with Gasteiger partial charge in [-0.2, -0.15) is 15.8 Å². The van der Waals surface area contributed by atoms with E-state index >= 15 is 0 Å². The summed E-state index contributed by atoms with van der Waals surface area (Å²) >= 11 is 2.63. The first kappa shape index (κ1) is 16.1. The van der Waals surface area contributed by atoms with Crippen molar-refractivity contribution in [2.45, 2.75) is 23.9 Å². The molecule has 2 aromatic rings. The molecule has 0 aliphatic carbocycles. The van der Waals surface area contributed by atoms with E-state index in [4.69, 9.17) is 10.5 Å². The summed E-state index contributed by atoms with van der Waals surface area (Å²) in [5.41, 5.74) is 3.54. The van der Waals surface area contributed by atoms with E-state index in [1.807, 2.05) is 44.2 Å². The first-order valence-electron chi connectivity index (χ1n) is 6.87. The Morgan fingerprint density at radius 2 is 1.54 bits per heavy atom. The predicted octanol–water partition coefficient (Wildman–Crippen LogP) is 3.93. The van der Waals surface area contributed by atoms with Crippen molar-refractivity contribution in [3.8, 4) is 18.2 Å². The summed E-state index contributed by atoms with van der Waals surface area (Å²) in [6.45, 7) is 3.94. The second kappa shape index (κ2) is 6.37. The topological polar surface area (TPSA) is 97.1 Å². The molecule has 5 nitrogen and oxygen atoms in total. The third-order valence-electron chi connectivity index (χ3n) is 3.40. The summed E-state index contributed by atoms with van der Waals surface area (Å²) in [7, 11) is 0. The number of aromatic nitrogens is 2. The van der Waals surface area contributed by atoms with Crippen LogP contribution >= 0.6 is 23.5 Å². The van der Waals surface area contributed by atoms with Crippen molar-refractivity contribution >= 4 is 29.1 Å². The summed E-state index contributed by atoms with van der Waals surface area (Å²) in [5.74, 6) is 0. The molecule has 0 saturated heterocycles. The van der Waals surface area contributed by atoms with Gasteiger partial charge in [-0.1, -0.05) is 47.3 Å². The minimum absolute atomic E-state index is 0.0100. The lowest BCUT2D eigenvalue weighted by Crippen LogP contribution is -1.96. The first-order chi connectivity index (χ1) is 11.6. The Labute approximate surface area is 147 Å². The largest absolute Gasteiger partial charge is 0.224 e. The number of nitriles is 3. The lowest BCUT2D eigenvalue weighted by molar-refractivity contribution is 0.902. The molecule has 0 unspecified atom stereocenters. The van der Waals surface area contributed by atoms with Crippen molar-refractivity contribution in [3.05, 3.63) is 50.5 Å². The molecule has 0 atom stereocenters. The molecule has 7 heteroatoms. The van der Waals surface area contributed by atoms with Crippen LogP contribution in [0.5, 0.6) is 0 Å². The fourth-order valence-electron chi connectivity index (χ4n) is 2.21. The fourth-order valence-corrected chi connectivity index (χ4v) is 4.51. The molecular weight excluding hydrogens is 338 g/mol. The summed E-state index contributed by atoms with van der Waals surface area (Å²) in [5, 5.41) is 28.9. The van der Waals surface area contributed by atoms with Gasteiger partial charge in [0.1, 0.15) is 28.3 Å². The molecule has 0 radical (unpaired) electrons. The van der Waals surface area contributed by atoms with E-state index in [1.54, 1.807) is 0 Å². The van der Waals surface area contributed by atoms with Crippen LogP contribution in [0.15, 0.2) is 32.5 Å².